The van der Waals surface area contributed by atoms with Gasteiger partial charge in [0.25, 0.3) is 0 Å². The van der Waals surface area contributed by atoms with E-state index < -0.39 is 0 Å². The summed E-state index contributed by atoms with van der Waals surface area (Å²) < 4.78 is 12.7. The summed E-state index contributed by atoms with van der Waals surface area (Å²) in [5, 5.41) is 0. The molecule has 0 aliphatic heterocycles. The van der Waals surface area contributed by atoms with Gasteiger partial charge in [-0.3, -0.25) is 0 Å². The Hall–Kier alpha value is -2.17. The van der Waals surface area contributed by atoms with Gasteiger partial charge in [0.05, 0.1) is 14.2 Å². The number of hydrogen-bond acceptors (Lipinski definition) is 4. The highest BCUT2D eigenvalue weighted by Gasteiger charge is 2.18. The number of nitrogens with two attached hydrogens (primary N) is 1. The van der Waals surface area contributed by atoms with Gasteiger partial charge in [0.15, 0.2) is 11.5 Å². The molecule has 0 radical (unpaired) electrons. The van der Waals surface area contributed by atoms with Gasteiger partial charge in [-0.2, -0.15) is 0 Å². The molecule has 5 nitrogen and oxygen atoms in total. The van der Waals surface area contributed by atoms with Crippen LogP contribution in [-0.2, 0) is 6.54 Å². The lowest BCUT2D eigenvalue weighted by Crippen LogP contribution is -2.06. The first-order valence-electron chi connectivity index (χ1n) is 7.11. The Morgan fingerprint density at radius 3 is 2.33 bits per heavy atom. The highest BCUT2D eigenvalue weighted by molar-refractivity contribution is 5.73. The van der Waals surface area contributed by atoms with E-state index in [0.29, 0.717) is 23.2 Å². The molecule has 2 aromatic rings. The van der Waals surface area contributed by atoms with E-state index in [1.807, 2.05) is 18.2 Å². The molecule has 2 N–H and O–H groups in total. The topological polar surface area (TPSA) is 62.3 Å². The first-order valence-corrected chi connectivity index (χ1v) is 7.11. The molecule has 0 aliphatic carbocycles. The largest absolute Gasteiger partial charge is 0.493 e. The van der Waals surface area contributed by atoms with Crippen molar-refractivity contribution in [1.82, 2.24) is 9.55 Å². The van der Waals surface area contributed by atoms with Crippen LogP contribution in [-0.4, -0.2) is 23.8 Å². The van der Waals surface area contributed by atoms with Gasteiger partial charge in [-0.15, -0.1) is 0 Å². The molecule has 21 heavy (non-hydrogen) atoms. The van der Waals surface area contributed by atoms with E-state index in [0.717, 1.165) is 23.6 Å². The van der Waals surface area contributed by atoms with Gasteiger partial charge < -0.3 is 19.8 Å². The van der Waals surface area contributed by atoms with Crippen molar-refractivity contribution >= 4 is 5.82 Å². The number of methoxy groups -OCH3 is 2. The van der Waals surface area contributed by atoms with Gasteiger partial charge in [-0.1, -0.05) is 13.8 Å². The molecule has 0 unspecified atom stereocenters. The van der Waals surface area contributed by atoms with Gasteiger partial charge in [0, 0.05) is 18.0 Å². The van der Waals surface area contributed by atoms with Crippen LogP contribution in [0.2, 0.25) is 0 Å². The molecule has 1 aromatic carbocycles. The summed E-state index contributed by atoms with van der Waals surface area (Å²) in [6.07, 6.45) is 0. The second kappa shape index (κ2) is 6.08. The van der Waals surface area contributed by atoms with Crippen LogP contribution >= 0.6 is 0 Å². The third-order valence-electron chi connectivity index (χ3n) is 3.53. The number of nitrogen functional groups attached to an aromatic ring is 1. The van der Waals surface area contributed by atoms with Crippen LogP contribution < -0.4 is 15.2 Å². The molecule has 0 aliphatic rings. The van der Waals surface area contributed by atoms with E-state index in [1.165, 1.54) is 0 Å². The third-order valence-corrected chi connectivity index (χ3v) is 3.53. The van der Waals surface area contributed by atoms with Crippen LogP contribution in [0.5, 0.6) is 11.5 Å². The van der Waals surface area contributed by atoms with E-state index >= 15 is 0 Å². The average Bonchev–Trinajstić information content (AvgIpc) is 2.83. The van der Waals surface area contributed by atoms with Crippen molar-refractivity contribution in [2.24, 2.45) is 0 Å². The van der Waals surface area contributed by atoms with E-state index in [-0.39, 0.29) is 0 Å². The number of rotatable bonds is 5. The highest BCUT2D eigenvalue weighted by Crippen LogP contribution is 2.35. The second-order valence-corrected chi connectivity index (χ2v) is 5.17. The molecule has 1 aromatic heterocycles. The summed E-state index contributed by atoms with van der Waals surface area (Å²) in [5.41, 5.74) is 8.00. The smallest absolute Gasteiger partial charge is 0.161 e. The molecule has 2 rings (SSSR count). The normalized spacial score (nSPS) is 11.0. The Morgan fingerprint density at radius 2 is 1.86 bits per heavy atom. The number of imidazole rings is 1. The Morgan fingerprint density at radius 1 is 1.19 bits per heavy atom. The second-order valence-electron chi connectivity index (χ2n) is 5.17. The van der Waals surface area contributed by atoms with Gasteiger partial charge in [-0.25, -0.2) is 4.98 Å². The first-order chi connectivity index (χ1) is 10.0. The van der Waals surface area contributed by atoms with E-state index in [4.69, 9.17) is 20.2 Å². The van der Waals surface area contributed by atoms with Gasteiger partial charge in [0.1, 0.15) is 17.3 Å². The van der Waals surface area contributed by atoms with Crippen molar-refractivity contribution < 1.29 is 9.47 Å². The average molecular weight is 289 g/mol. The van der Waals surface area contributed by atoms with Crippen molar-refractivity contribution in [2.45, 2.75) is 33.2 Å². The summed E-state index contributed by atoms with van der Waals surface area (Å²) in [5.74, 6) is 3.37. The van der Waals surface area contributed by atoms with Crippen LogP contribution in [0.1, 0.15) is 32.5 Å². The maximum Gasteiger partial charge on any atom is 0.161 e. The molecule has 0 atom stereocenters. The fourth-order valence-corrected chi connectivity index (χ4v) is 2.45. The predicted molar refractivity (Wildman–Crippen MR) is 84.9 cm³/mol. The predicted octanol–water partition coefficient (Wildman–Crippen LogP) is 3.29. The Kier molecular flexibility index (Phi) is 4.40. The van der Waals surface area contributed by atoms with Gasteiger partial charge in [0.2, 0.25) is 0 Å². The Balaban J connectivity index is 2.57. The number of benzene rings is 1. The Bertz CT molecular complexity index is 633. The van der Waals surface area contributed by atoms with Crippen LogP contribution in [0, 0.1) is 0 Å². The number of anilines is 1. The molecule has 0 fully saturated rings. The summed E-state index contributed by atoms with van der Waals surface area (Å²) in [4.78, 5) is 4.72. The molecule has 5 heteroatoms. The zero-order valence-electron chi connectivity index (χ0n) is 13.3. The van der Waals surface area contributed by atoms with Crippen LogP contribution in [0.3, 0.4) is 0 Å². The van der Waals surface area contributed by atoms with Crippen LogP contribution in [0.4, 0.5) is 5.82 Å². The summed E-state index contributed by atoms with van der Waals surface area (Å²) in [6, 6.07) is 5.72. The van der Waals surface area contributed by atoms with Gasteiger partial charge in [-0.05, 0) is 25.1 Å². The zero-order chi connectivity index (χ0) is 15.6. The minimum absolute atomic E-state index is 0.321. The third kappa shape index (κ3) is 2.68. The molecule has 0 saturated heterocycles. The van der Waals surface area contributed by atoms with Crippen molar-refractivity contribution in [3.63, 3.8) is 0 Å². The highest BCUT2D eigenvalue weighted by atomic mass is 16.5. The van der Waals surface area contributed by atoms with Crippen molar-refractivity contribution in [2.75, 3.05) is 20.0 Å². The van der Waals surface area contributed by atoms with E-state index in [2.05, 4.69) is 25.3 Å². The van der Waals surface area contributed by atoms with Crippen LogP contribution in [0.15, 0.2) is 18.2 Å². The summed E-state index contributed by atoms with van der Waals surface area (Å²) in [7, 11) is 3.24. The standard InChI is InChI=1S/C16H23N3O2/c1-6-19-15(17)14(18-16(19)10(2)3)11-7-8-12(20-4)13(9-11)21-5/h7-10H,6,17H2,1-5H3. The fourth-order valence-electron chi connectivity index (χ4n) is 2.45. The van der Waals surface area contributed by atoms with Crippen molar-refractivity contribution in [1.29, 1.82) is 0 Å². The lowest BCUT2D eigenvalue weighted by Gasteiger charge is -2.09. The Labute approximate surface area is 125 Å². The molecular formula is C16H23N3O2. The maximum atomic E-state index is 6.27. The van der Waals surface area contributed by atoms with Gasteiger partial charge >= 0.3 is 0 Å². The number of hydrogen-bond donors (Lipinski definition) is 1. The van der Waals surface area contributed by atoms with Crippen molar-refractivity contribution in [3.8, 4) is 22.8 Å². The lowest BCUT2D eigenvalue weighted by molar-refractivity contribution is 0.355. The first kappa shape index (κ1) is 15.2. The van der Waals surface area contributed by atoms with E-state index in [9.17, 15) is 0 Å². The maximum absolute atomic E-state index is 6.27. The molecule has 114 valence electrons. The monoisotopic (exact) mass is 289 g/mol. The number of nitrogens with zero attached hydrogens (tertiary/aromatic N) is 2. The SMILES string of the molecule is CCn1c(C(C)C)nc(-c2ccc(OC)c(OC)c2)c1N. The molecule has 0 amide bonds. The molecular weight excluding hydrogens is 266 g/mol. The fraction of sp³-hybridized carbons (Fsp3) is 0.438. The molecule has 1 heterocycles. The minimum Gasteiger partial charge on any atom is -0.493 e. The number of aromatic nitrogens is 2. The van der Waals surface area contributed by atoms with Crippen LogP contribution in [0.25, 0.3) is 11.3 Å². The quantitative estimate of drug-likeness (QED) is 0.917. The molecule has 0 spiro atoms. The minimum atomic E-state index is 0.321. The molecule has 0 saturated carbocycles. The molecule has 0 bridgehead atoms. The number of ether oxygens (including phenoxy) is 2. The lowest BCUT2D eigenvalue weighted by atomic mass is 10.1. The summed E-state index contributed by atoms with van der Waals surface area (Å²) in [6.45, 7) is 7.11. The van der Waals surface area contributed by atoms with E-state index in [1.54, 1.807) is 14.2 Å². The summed E-state index contributed by atoms with van der Waals surface area (Å²) >= 11 is 0. The van der Waals surface area contributed by atoms with Crippen molar-refractivity contribution in [3.05, 3.63) is 24.0 Å². The zero-order valence-corrected chi connectivity index (χ0v) is 13.3.